The van der Waals surface area contributed by atoms with Gasteiger partial charge in [-0.15, -0.1) is 0 Å². The van der Waals surface area contributed by atoms with Gasteiger partial charge in [-0.3, -0.25) is 4.90 Å². The van der Waals surface area contributed by atoms with Gasteiger partial charge in [-0.25, -0.2) is 10.3 Å². The van der Waals surface area contributed by atoms with Crippen LogP contribution in [0.25, 0.3) is 0 Å². The van der Waals surface area contributed by atoms with Crippen LogP contribution in [0.2, 0.25) is 0 Å². The van der Waals surface area contributed by atoms with Gasteiger partial charge >= 0.3 is 0 Å². The highest BCUT2D eigenvalue weighted by molar-refractivity contribution is 6.04. The van der Waals surface area contributed by atoms with Gasteiger partial charge in [-0.2, -0.15) is 0 Å². The Balaban J connectivity index is 0.00000181. The van der Waals surface area contributed by atoms with E-state index in [0.717, 1.165) is 41.7 Å². The fourth-order valence-electron chi connectivity index (χ4n) is 3.70. The average molecular weight is 560 g/mol. The Hall–Kier alpha value is -2.15. The number of likely N-dealkylation sites (tertiary alicyclic amines) is 1. The number of halogens is 2. The highest BCUT2D eigenvalue weighted by atomic mass is 79.9. The van der Waals surface area contributed by atoms with Crippen molar-refractivity contribution in [3.63, 3.8) is 0 Å². The molecule has 0 atom stereocenters. The molecule has 0 unspecified atom stereocenters. The summed E-state index contributed by atoms with van der Waals surface area (Å²) in [5.74, 6) is 1.86. The van der Waals surface area contributed by atoms with Crippen LogP contribution in [0.5, 0.6) is 5.75 Å². The van der Waals surface area contributed by atoms with Gasteiger partial charge in [0.25, 0.3) is 5.84 Å². The van der Waals surface area contributed by atoms with Crippen LogP contribution in [0.4, 0.5) is 11.4 Å². The van der Waals surface area contributed by atoms with Crippen LogP contribution in [-0.2, 0) is 0 Å². The predicted octanol–water partition coefficient (Wildman–Crippen LogP) is -2.17. The Morgan fingerprint density at radius 3 is 2.06 bits per heavy atom. The Morgan fingerprint density at radius 1 is 0.781 bits per heavy atom. The number of nitrogens with zero attached hydrogens (tertiary/aromatic N) is 1. The summed E-state index contributed by atoms with van der Waals surface area (Å²) >= 11 is 0. The number of hydrogen-bond donors (Lipinski definition) is 2. The van der Waals surface area contributed by atoms with Crippen molar-refractivity contribution >= 4 is 17.2 Å². The van der Waals surface area contributed by atoms with Crippen LogP contribution >= 0.6 is 0 Å². The fourth-order valence-corrected chi connectivity index (χ4v) is 3.70. The monoisotopic (exact) mass is 558 g/mol. The maximum Gasteiger partial charge on any atom is 0.285 e. The Kier molecular flexibility index (Phi) is 11.5. The van der Waals surface area contributed by atoms with Gasteiger partial charge in [-0.1, -0.05) is 42.8 Å². The lowest BCUT2D eigenvalue weighted by atomic mass is 10.1. The van der Waals surface area contributed by atoms with E-state index in [2.05, 4.69) is 51.6 Å². The molecule has 3 aromatic rings. The molecule has 1 fully saturated rings. The largest absolute Gasteiger partial charge is 1.00 e. The molecular formula is C26H30Br2N3O-. The van der Waals surface area contributed by atoms with E-state index in [1.165, 1.54) is 32.4 Å². The van der Waals surface area contributed by atoms with Gasteiger partial charge in [0.1, 0.15) is 23.7 Å². The number of ether oxygens (including phenoxy) is 1. The summed E-state index contributed by atoms with van der Waals surface area (Å²) in [5.41, 5.74) is 3.16. The Labute approximate surface area is 212 Å². The first-order chi connectivity index (χ1) is 14.9. The van der Waals surface area contributed by atoms with E-state index in [1.54, 1.807) is 0 Å². The third-order valence-electron chi connectivity index (χ3n) is 5.35. The van der Waals surface area contributed by atoms with Crippen molar-refractivity contribution in [2.24, 2.45) is 0 Å². The van der Waals surface area contributed by atoms with Crippen LogP contribution in [-0.4, -0.2) is 37.0 Å². The van der Waals surface area contributed by atoms with Crippen LogP contribution < -0.4 is 49.0 Å². The number of amidine groups is 1. The zero-order valence-electron chi connectivity index (χ0n) is 18.1. The van der Waals surface area contributed by atoms with Crippen molar-refractivity contribution in [1.29, 1.82) is 0 Å². The Morgan fingerprint density at radius 2 is 1.41 bits per heavy atom. The molecule has 1 aliphatic rings. The molecule has 4 nitrogen and oxygen atoms in total. The van der Waals surface area contributed by atoms with Crippen LogP contribution in [0.3, 0.4) is 0 Å². The van der Waals surface area contributed by atoms with Crippen LogP contribution in [0.15, 0.2) is 84.9 Å². The summed E-state index contributed by atoms with van der Waals surface area (Å²) < 4.78 is 5.96. The topological polar surface area (TPSA) is 38.5 Å². The molecule has 170 valence electrons. The van der Waals surface area contributed by atoms with E-state index in [4.69, 9.17) is 4.74 Å². The van der Waals surface area contributed by atoms with Crippen molar-refractivity contribution in [2.75, 3.05) is 31.6 Å². The molecule has 1 heterocycles. The second-order valence-corrected chi connectivity index (χ2v) is 7.63. The van der Waals surface area contributed by atoms with Gasteiger partial charge in [0.05, 0.1) is 5.56 Å². The minimum atomic E-state index is 0. The van der Waals surface area contributed by atoms with Crippen LogP contribution in [0.1, 0.15) is 24.8 Å². The number of benzene rings is 3. The molecule has 4 rings (SSSR count). The molecule has 6 heteroatoms. The molecule has 0 aromatic heterocycles. The summed E-state index contributed by atoms with van der Waals surface area (Å²) in [6.07, 6.45) is 4.00. The first kappa shape index (κ1) is 26.1. The smallest absolute Gasteiger partial charge is 0.285 e. The van der Waals surface area contributed by atoms with Crippen molar-refractivity contribution in [3.05, 3.63) is 90.5 Å². The number of anilines is 1. The van der Waals surface area contributed by atoms with Crippen molar-refractivity contribution < 1.29 is 43.7 Å². The normalized spacial score (nSPS) is 14.1. The van der Waals surface area contributed by atoms with Crippen molar-refractivity contribution in [1.82, 2.24) is 4.90 Å². The zero-order valence-corrected chi connectivity index (χ0v) is 21.3. The molecule has 3 aromatic carbocycles. The SMILES string of the molecule is [Br-].[Br-].c1ccc(NC(=[NH+]c2ccc(OCCN3CCCCC3)cc2)c2ccccc2)cc1. The number of para-hydroxylation sites is 1. The predicted molar refractivity (Wildman–Crippen MR) is 123 cm³/mol. The molecule has 1 aliphatic heterocycles. The number of hydrogen-bond acceptors (Lipinski definition) is 2. The van der Waals surface area contributed by atoms with Gasteiger partial charge in [0, 0.05) is 6.54 Å². The van der Waals surface area contributed by atoms with E-state index < -0.39 is 0 Å². The minimum Gasteiger partial charge on any atom is -1.00 e. The van der Waals surface area contributed by atoms with Crippen molar-refractivity contribution in [2.45, 2.75) is 19.3 Å². The first-order valence-corrected chi connectivity index (χ1v) is 10.8. The lowest BCUT2D eigenvalue weighted by Crippen LogP contribution is -3.00. The molecule has 1 saturated heterocycles. The summed E-state index contributed by atoms with van der Waals surface area (Å²) in [6.45, 7) is 4.16. The summed E-state index contributed by atoms with van der Waals surface area (Å²) in [5, 5.41) is 3.50. The van der Waals surface area contributed by atoms with E-state index in [-0.39, 0.29) is 34.0 Å². The van der Waals surface area contributed by atoms with Crippen LogP contribution in [0, 0.1) is 0 Å². The third kappa shape index (κ3) is 8.08. The van der Waals surface area contributed by atoms with E-state index in [9.17, 15) is 0 Å². The second-order valence-electron chi connectivity index (χ2n) is 7.63. The molecule has 0 bridgehead atoms. The highest BCUT2D eigenvalue weighted by Crippen LogP contribution is 2.14. The van der Waals surface area contributed by atoms with E-state index in [1.807, 2.05) is 48.5 Å². The molecule has 0 amide bonds. The molecule has 0 radical (unpaired) electrons. The number of rotatable bonds is 7. The molecule has 32 heavy (non-hydrogen) atoms. The quantitative estimate of drug-likeness (QED) is 0.256. The fraction of sp³-hybridized carbons (Fsp3) is 0.269. The maximum atomic E-state index is 5.96. The Bertz CT molecular complexity index is 928. The minimum absolute atomic E-state index is 0. The summed E-state index contributed by atoms with van der Waals surface area (Å²) in [6, 6.07) is 28.7. The van der Waals surface area contributed by atoms with E-state index in [0.29, 0.717) is 0 Å². The standard InChI is InChI=1S/C26H29N3O.2BrH/c1-4-10-22(11-5-1)26(27-23-12-6-2-7-13-23)28-24-14-16-25(17-15-24)30-21-20-29-18-8-3-9-19-29;;/h1-2,4-7,10-17H,3,8-9,18-21H2,(H,27,28);2*1H/p-1. The van der Waals surface area contributed by atoms with E-state index >= 15 is 0 Å². The lowest BCUT2D eigenvalue weighted by molar-refractivity contribution is -0.353. The van der Waals surface area contributed by atoms with Crippen molar-refractivity contribution in [3.8, 4) is 5.75 Å². The van der Waals surface area contributed by atoms with Gasteiger partial charge < -0.3 is 38.7 Å². The second kappa shape index (κ2) is 14.1. The molecular weight excluding hydrogens is 530 g/mol. The maximum absolute atomic E-state index is 5.96. The zero-order chi connectivity index (χ0) is 20.4. The van der Waals surface area contributed by atoms with Gasteiger partial charge in [0.2, 0.25) is 0 Å². The summed E-state index contributed by atoms with van der Waals surface area (Å²) in [4.78, 5) is 6.02. The number of nitrogens with one attached hydrogen (secondary N) is 2. The molecule has 0 saturated carbocycles. The highest BCUT2D eigenvalue weighted by Gasteiger charge is 2.12. The molecule has 0 aliphatic carbocycles. The molecule has 2 N–H and O–H groups in total. The first-order valence-electron chi connectivity index (χ1n) is 10.8. The summed E-state index contributed by atoms with van der Waals surface area (Å²) in [7, 11) is 0. The average Bonchev–Trinajstić information content (AvgIpc) is 2.82. The third-order valence-corrected chi connectivity index (χ3v) is 5.35. The van der Waals surface area contributed by atoms with Gasteiger partial charge in [0.15, 0.2) is 0 Å². The number of piperidine rings is 1. The van der Waals surface area contributed by atoms with Gasteiger partial charge in [-0.05, 0) is 74.5 Å². The molecule has 0 spiro atoms. The lowest BCUT2D eigenvalue weighted by Gasteiger charge is -2.26.